The van der Waals surface area contributed by atoms with Crippen LogP contribution < -0.4 is 10.2 Å². The van der Waals surface area contributed by atoms with E-state index < -0.39 is 0 Å². The molecule has 3 rings (SSSR count). The predicted octanol–water partition coefficient (Wildman–Crippen LogP) is 3.97. The molecule has 0 amide bonds. The number of hydrogen-bond acceptors (Lipinski definition) is 5. The summed E-state index contributed by atoms with van der Waals surface area (Å²) in [4.78, 5) is 23.0. The van der Waals surface area contributed by atoms with E-state index >= 15 is 0 Å². The minimum absolute atomic E-state index is 0.0560. The molecule has 1 N–H and O–H groups in total. The minimum Gasteiger partial charge on any atom is -0.356 e. The highest BCUT2D eigenvalue weighted by molar-refractivity contribution is 5.95. The lowest BCUT2D eigenvalue weighted by atomic mass is 10.0. The molecule has 126 valence electrons. The predicted molar refractivity (Wildman–Crippen MR) is 97.1 cm³/mol. The fourth-order valence-corrected chi connectivity index (χ4v) is 3.14. The molecule has 0 spiro atoms. The normalized spacial score (nSPS) is 17.6. The maximum atomic E-state index is 11.5. The SMILES string of the molecule is CC(=O)c1cccc(Nc2cc(N3CCCC(C)C3)nc(C)n2)c1. The van der Waals surface area contributed by atoms with Gasteiger partial charge in [-0.15, -0.1) is 0 Å². The summed E-state index contributed by atoms with van der Waals surface area (Å²) in [7, 11) is 0. The molecular weight excluding hydrogens is 300 g/mol. The summed E-state index contributed by atoms with van der Waals surface area (Å²) in [6.07, 6.45) is 2.48. The molecule has 0 saturated carbocycles. The molecule has 1 aromatic heterocycles. The summed E-state index contributed by atoms with van der Waals surface area (Å²) in [6, 6.07) is 9.47. The monoisotopic (exact) mass is 324 g/mol. The van der Waals surface area contributed by atoms with Crippen LogP contribution in [0.4, 0.5) is 17.3 Å². The van der Waals surface area contributed by atoms with Gasteiger partial charge in [0.15, 0.2) is 5.78 Å². The average molecular weight is 324 g/mol. The molecule has 24 heavy (non-hydrogen) atoms. The third-order valence-corrected chi connectivity index (χ3v) is 4.35. The van der Waals surface area contributed by atoms with Crippen LogP contribution in [0.15, 0.2) is 30.3 Å². The van der Waals surface area contributed by atoms with Gasteiger partial charge in [-0.05, 0) is 44.7 Å². The van der Waals surface area contributed by atoms with Gasteiger partial charge in [0.1, 0.15) is 17.5 Å². The Labute approximate surface area is 143 Å². The molecule has 1 unspecified atom stereocenters. The Bertz CT molecular complexity index is 744. The van der Waals surface area contributed by atoms with Crippen LogP contribution >= 0.6 is 0 Å². The largest absolute Gasteiger partial charge is 0.356 e. The van der Waals surface area contributed by atoms with Crippen molar-refractivity contribution in [3.05, 3.63) is 41.7 Å². The lowest BCUT2D eigenvalue weighted by molar-refractivity contribution is 0.101. The topological polar surface area (TPSA) is 58.1 Å². The first kappa shape index (κ1) is 16.4. The van der Waals surface area contributed by atoms with Gasteiger partial charge < -0.3 is 10.2 Å². The van der Waals surface area contributed by atoms with E-state index in [2.05, 4.69) is 27.1 Å². The Morgan fingerprint density at radius 3 is 2.88 bits per heavy atom. The van der Waals surface area contributed by atoms with Crippen molar-refractivity contribution in [2.24, 2.45) is 5.92 Å². The summed E-state index contributed by atoms with van der Waals surface area (Å²) >= 11 is 0. The average Bonchev–Trinajstić information content (AvgIpc) is 2.54. The van der Waals surface area contributed by atoms with Gasteiger partial charge in [0, 0.05) is 30.4 Å². The van der Waals surface area contributed by atoms with Crippen molar-refractivity contribution in [3.8, 4) is 0 Å². The van der Waals surface area contributed by atoms with Crippen LogP contribution in [-0.2, 0) is 0 Å². The number of Topliss-reactive ketones (excluding diaryl/α,β-unsaturated/α-hetero) is 1. The molecule has 5 nitrogen and oxygen atoms in total. The molecule has 5 heteroatoms. The van der Waals surface area contributed by atoms with Gasteiger partial charge in [-0.2, -0.15) is 0 Å². The number of benzene rings is 1. The molecule has 1 saturated heterocycles. The quantitative estimate of drug-likeness (QED) is 0.863. The number of rotatable bonds is 4. The number of aryl methyl sites for hydroxylation is 1. The highest BCUT2D eigenvalue weighted by atomic mass is 16.1. The van der Waals surface area contributed by atoms with Gasteiger partial charge in [-0.1, -0.05) is 19.1 Å². The number of hydrogen-bond donors (Lipinski definition) is 1. The number of anilines is 3. The van der Waals surface area contributed by atoms with Crippen LogP contribution in [-0.4, -0.2) is 28.8 Å². The zero-order chi connectivity index (χ0) is 17.1. The van der Waals surface area contributed by atoms with Crippen molar-refractivity contribution in [1.82, 2.24) is 9.97 Å². The van der Waals surface area contributed by atoms with E-state index in [4.69, 9.17) is 0 Å². The molecule has 1 aliphatic heterocycles. The Balaban J connectivity index is 1.83. The van der Waals surface area contributed by atoms with Crippen molar-refractivity contribution in [2.45, 2.75) is 33.6 Å². The Hall–Kier alpha value is -2.43. The third-order valence-electron chi connectivity index (χ3n) is 4.35. The molecule has 2 heterocycles. The zero-order valence-electron chi connectivity index (χ0n) is 14.5. The number of piperidine rings is 1. The molecule has 1 atom stereocenters. The Morgan fingerprint density at radius 1 is 1.29 bits per heavy atom. The van der Waals surface area contributed by atoms with E-state index in [1.807, 2.05) is 37.3 Å². The molecular formula is C19H24N4O. The molecule has 0 bridgehead atoms. The second kappa shape index (κ2) is 6.99. The van der Waals surface area contributed by atoms with Gasteiger partial charge >= 0.3 is 0 Å². The number of carbonyl (C=O) groups excluding carboxylic acids is 1. The summed E-state index contributed by atoms with van der Waals surface area (Å²) in [5.74, 6) is 3.23. The first-order valence-electron chi connectivity index (χ1n) is 8.50. The van der Waals surface area contributed by atoms with Crippen LogP contribution in [0.1, 0.15) is 42.9 Å². The Kier molecular flexibility index (Phi) is 4.79. The van der Waals surface area contributed by atoms with E-state index in [0.29, 0.717) is 11.5 Å². The molecule has 1 aliphatic rings. The van der Waals surface area contributed by atoms with Crippen molar-refractivity contribution >= 4 is 23.1 Å². The summed E-state index contributed by atoms with van der Waals surface area (Å²) in [6.45, 7) is 7.85. The van der Waals surface area contributed by atoms with Crippen molar-refractivity contribution < 1.29 is 4.79 Å². The standard InChI is InChI=1S/C19H24N4O/c1-13-6-5-9-23(12-13)19-11-18(20-15(3)21-19)22-17-8-4-7-16(10-17)14(2)24/h4,7-8,10-11,13H,5-6,9,12H2,1-3H3,(H,20,21,22). The maximum absolute atomic E-state index is 11.5. The number of carbonyl (C=O) groups is 1. The third kappa shape index (κ3) is 3.91. The summed E-state index contributed by atoms with van der Waals surface area (Å²) < 4.78 is 0. The number of nitrogens with zero attached hydrogens (tertiary/aromatic N) is 3. The van der Waals surface area contributed by atoms with E-state index in [1.54, 1.807) is 6.92 Å². The van der Waals surface area contributed by atoms with Gasteiger partial charge in [-0.3, -0.25) is 4.79 Å². The van der Waals surface area contributed by atoms with Crippen LogP contribution in [0.3, 0.4) is 0 Å². The molecule has 1 aromatic carbocycles. The van der Waals surface area contributed by atoms with Gasteiger partial charge in [0.2, 0.25) is 0 Å². The Morgan fingerprint density at radius 2 is 2.12 bits per heavy atom. The highest BCUT2D eigenvalue weighted by Crippen LogP contribution is 2.24. The second-order valence-electron chi connectivity index (χ2n) is 6.61. The summed E-state index contributed by atoms with van der Waals surface area (Å²) in [5.41, 5.74) is 1.55. The van der Waals surface area contributed by atoms with E-state index in [9.17, 15) is 4.79 Å². The van der Waals surface area contributed by atoms with E-state index in [1.165, 1.54) is 12.8 Å². The fraction of sp³-hybridized carbons (Fsp3) is 0.421. The van der Waals surface area contributed by atoms with Crippen LogP contribution in [0.25, 0.3) is 0 Å². The van der Waals surface area contributed by atoms with Gasteiger partial charge in [-0.25, -0.2) is 9.97 Å². The fourth-order valence-electron chi connectivity index (χ4n) is 3.14. The van der Waals surface area contributed by atoms with Crippen LogP contribution in [0.2, 0.25) is 0 Å². The summed E-state index contributed by atoms with van der Waals surface area (Å²) in [5, 5.41) is 3.30. The van der Waals surface area contributed by atoms with E-state index in [0.717, 1.165) is 36.2 Å². The van der Waals surface area contributed by atoms with Gasteiger partial charge in [0.25, 0.3) is 0 Å². The first-order valence-corrected chi connectivity index (χ1v) is 8.50. The van der Waals surface area contributed by atoms with Crippen LogP contribution in [0, 0.1) is 12.8 Å². The lowest BCUT2D eigenvalue weighted by Crippen LogP contribution is -2.35. The molecule has 0 radical (unpaired) electrons. The minimum atomic E-state index is 0.0560. The lowest BCUT2D eigenvalue weighted by Gasteiger charge is -2.32. The smallest absolute Gasteiger partial charge is 0.159 e. The van der Waals surface area contributed by atoms with Crippen molar-refractivity contribution in [3.63, 3.8) is 0 Å². The second-order valence-corrected chi connectivity index (χ2v) is 6.61. The first-order chi connectivity index (χ1) is 11.5. The van der Waals surface area contributed by atoms with Crippen LogP contribution in [0.5, 0.6) is 0 Å². The van der Waals surface area contributed by atoms with Crippen molar-refractivity contribution in [2.75, 3.05) is 23.3 Å². The zero-order valence-corrected chi connectivity index (χ0v) is 14.5. The van der Waals surface area contributed by atoms with Gasteiger partial charge in [0.05, 0.1) is 0 Å². The highest BCUT2D eigenvalue weighted by Gasteiger charge is 2.18. The number of ketones is 1. The molecule has 2 aromatic rings. The number of aromatic nitrogens is 2. The maximum Gasteiger partial charge on any atom is 0.159 e. The molecule has 0 aliphatic carbocycles. The number of nitrogens with one attached hydrogen (secondary N) is 1. The van der Waals surface area contributed by atoms with Crippen molar-refractivity contribution in [1.29, 1.82) is 0 Å². The van der Waals surface area contributed by atoms with E-state index in [-0.39, 0.29) is 5.78 Å². The molecule has 1 fully saturated rings.